The van der Waals surface area contributed by atoms with Gasteiger partial charge in [0.25, 0.3) is 0 Å². The fourth-order valence-electron chi connectivity index (χ4n) is 1.34. The monoisotopic (exact) mass is 242 g/mol. The van der Waals surface area contributed by atoms with Crippen LogP contribution in [0.1, 0.15) is 25.7 Å². The Labute approximate surface area is 101 Å². The van der Waals surface area contributed by atoms with E-state index in [9.17, 15) is 0 Å². The summed E-state index contributed by atoms with van der Waals surface area (Å²) in [5, 5.41) is 6.87. The Morgan fingerprint density at radius 1 is 1.56 bits per heavy atom. The summed E-state index contributed by atoms with van der Waals surface area (Å²) in [6, 6.07) is 0.249. The Morgan fingerprint density at radius 2 is 2.31 bits per heavy atom. The summed E-state index contributed by atoms with van der Waals surface area (Å²) in [5.41, 5.74) is 0. The average Bonchev–Trinajstić information content (AvgIpc) is 2.69. The van der Waals surface area contributed by atoms with Crippen LogP contribution in [0.3, 0.4) is 0 Å². The summed E-state index contributed by atoms with van der Waals surface area (Å²) in [6.07, 6.45) is 3.51. The fraction of sp³-hybridized carbons (Fsp3) is 0.600. The van der Waals surface area contributed by atoms with Crippen molar-refractivity contribution in [1.29, 1.82) is 0 Å². The molecule has 16 heavy (non-hydrogen) atoms. The van der Waals surface area contributed by atoms with Crippen LogP contribution in [0.4, 0.5) is 0 Å². The highest BCUT2D eigenvalue weighted by atomic mass is 32.1. The normalized spacial score (nSPS) is 14.2. The number of rotatable bonds is 5. The lowest BCUT2D eigenvalue weighted by atomic mass is 10.3. The number of hydrogen-bond donors (Lipinski definition) is 3. The van der Waals surface area contributed by atoms with E-state index in [4.69, 9.17) is 17.0 Å². The van der Waals surface area contributed by atoms with Crippen LogP contribution in [0.2, 0.25) is 0 Å². The molecule has 0 aliphatic carbocycles. The molecule has 0 saturated heterocycles. The third kappa shape index (κ3) is 4.16. The van der Waals surface area contributed by atoms with E-state index in [-0.39, 0.29) is 12.1 Å². The van der Waals surface area contributed by atoms with Gasteiger partial charge < -0.3 is 20.4 Å². The maximum atomic E-state index is 5.18. The third-order valence-corrected chi connectivity index (χ3v) is 2.31. The molecule has 2 unspecified atom stereocenters. The molecule has 6 heteroatoms. The van der Waals surface area contributed by atoms with Gasteiger partial charge in [0.1, 0.15) is 5.82 Å². The minimum Gasteiger partial charge on any atom is -0.383 e. The van der Waals surface area contributed by atoms with Crippen molar-refractivity contribution in [2.24, 2.45) is 0 Å². The van der Waals surface area contributed by atoms with Crippen molar-refractivity contribution in [2.45, 2.75) is 25.9 Å². The number of aromatic nitrogens is 2. The predicted molar refractivity (Wildman–Crippen MR) is 67.2 cm³/mol. The number of H-pyrrole nitrogens is 1. The predicted octanol–water partition coefficient (Wildman–Crippen LogP) is 0.970. The first-order valence-electron chi connectivity index (χ1n) is 5.18. The van der Waals surface area contributed by atoms with Gasteiger partial charge in [0.2, 0.25) is 0 Å². The molecule has 0 fully saturated rings. The molecule has 0 bridgehead atoms. The van der Waals surface area contributed by atoms with Crippen molar-refractivity contribution in [3.05, 3.63) is 18.2 Å². The lowest BCUT2D eigenvalue weighted by molar-refractivity contribution is 0.179. The SMILES string of the molecule is COCC(C)NC(=S)NC(C)c1ncc[nH]1. The smallest absolute Gasteiger partial charge is 0.167 e. The molecule has 0 saturated carbocycles. The number of hydrogen-bond acceptors (Lipinski definition) is 3. The van der Waals surface area contributed by atoms with Crippen LogP contribution >= 0.6 is 12.2 Å². The van der Waals surface area contributed by atoms with Crippen molar-refractivity contribution < 1.29 is 4.74 Å². The Kier molecular flexibility index (Phi) is 5.21. The fourth-order valence-corrected chi connectivity index (χ4v) is 1.71. The zero-order chi connectivity index (χ0) is 12.0. The lowest BCUT2D eigenvalue weighted by Crippen LogP contribution is -2.43. The maximum absolute atomic E-state index is 5.18. The van der Waals surface area contributed by atoms with E-state index in [0.717, 1.165) is 5.82 Å². The molecular weight excluding hydrogens is 224 g/mol. The highest BCUT2D eigenvalue weighted by Gasteiger charge is 2.10. The van der Waals surface area contributed by atoms with Crippen LogP contribution in [0.25, 0.3) is 0 Å². The maximum Gasteiger partial charge on any atom is 0.167 e. The quantitative estimate of drug-likeness (QED) is 0.672. The van der Waals surface area contributed by atoms with Crippen molar-refractivity contribution >= 4 is 17.3 Å². The second-order valence-electron chi connectivity index (χ2n) is 3.67. The highest BCUT2D eigenvalue weighted by Crippen LogP contribution is 2.04. The van der Waals surface area contributed by atoms with Gasteiger partial charge in [-0.25, -0.2) is 4.98 Å². The summed E-state index contributed by atoms with van der Waals surface area (Å²) < 4.78 is 5.01. The van der Waals surface area contributed by atoms with E-state index in [1.807, 2.05) is 13.8 Å². The molecule has 90 valence electrons. The Balaban J connectivity index is 2.34. The molecule has 1 rings (SSSR count). The standard InChI is InChI=1S/C10H18N4OS/c1-7(6-15-3)13-10(16)14-8(2)9-11-4-5-12-9/h4-5,7-8H,6H2,1-3H3,(H,11,12)(H2,13,14,16). The number of nitrogens with one attached hydrogen (secondary N) is 3. The van der Waals surface area contributed by atoms with Crippen LogP contribution in [0.5, 0.6) is 0 Å². The van der Waals surface area contributed by atoms with Gasteiger partial charge in [-0.3, -0.25) is 0 Å². The van der Waals surface area contributed by atoms with Gasteiger partial charge in [-0.2, -0.15) is 0 Å². The van der Waals surface area contributed by atoms with Crippen molar-refractivity contribution in [3.63, 3.8) is 0 Å². The Hall–Kier alpha value is -1.14. The molecule has 1 aromatic rings. The van der Waals surface area contributed by atoms with Crippen LogP contribution in [-0.4, -0.2) is 34.8 Å². The molecule has 0 amide bonds. The molecule has 0 spiro atoms. The largest absolute Gasteiger partial charge is 0.383 e. The molecule has 5 nitrogen and oxygen atoms in total. The number of ether oxygens (including phenoxy) is 1. The number of imidazole rings is 1. The lowest BCUT2D eigenvalue weighted by Gasteiger charge is -2.19. The summed E-state index contributed by atoms with van der Waals surface area (Å²) in [6.45, 7) is 4.62. The number of nitrogens with zero attached hydrogens (tertiary/aromatic N) is 1. The first-order chi connectivity index (χ1) is 7.63. The molecule has 1 aromatic heterocycles. The molecule has 3 N–H and O–H groups in total. The minimum atomic E-state index is 0.0599. The summed E-state index contributed by atoms with van der Waals surface area (Å²) >= 11 is 5.18. The van der Waals surface area contributed by atoms with Crippen LogP contribution in [-0.2, 0) is 4.74 Å². The average molecular weight is 242 g/mol. The van der Waals surface area contributed by atoms with E-state index in [2.05, 4.69) is 20.6 Å². The highest BCUT2D eigenvalue weighted by molar-refractivity contribution is 7.80. The first kappa shape index (κ1) is 12.9. The number of aromatic amines is 1. The van der Waals surface area contributed by atoms with Crippen molar-refractivity contribution in [1.82, 2.24) is 20.6 Å². The molecule has 2 atom stereocenters. The number of thiocarbonyl (C=S) groups is 1. The van der Waals surface area contributed by atoms with Crippen molar-refractivity contribution in [3.8, 4) is 0 Å². The topological polar surface area (TPSA) is 62.0 Å². The zero-order valence-electron chi connectivity index (χ0n) is 9.78. The number of methoxy groups -OCH3 is 1. The van der Waals surface area contributed by atoms with Gasteiger partial charge in [0, 0.05) is 25.5 Å². The second kappa shape index (κ2) is 6.44. The Bertz CT molecular complexity index is 315. The molecule has 0 aliphatic rings. The van der Waals surface area contributed by atoms with Crippen LogP contribution in [0, 0.1) is 0 Å². The second-order valence-corrected chi connectivity index (χ2v) is 4.08. The molecule has 1 heterocycles. The molecular formula is C10H18N4OS. The summed E-state index contributed by atoms with van der Waals surface area (Å²) in [4.78, 5) is 7.19. The van der Waals surface area contributed by atoms with Crippen LogP contribution in [0.15, 0.2) is 12.4 Å². The van der Waals surface area contributed by atoms with E-state index in [0.29, 0.717) is 11.7 Å². The van der Waals surface area contributed by atoms with Gasteiger partial charge in [0.05, 0.1) is 12.6 Å². The van der Waals surface area contributed by atoms with E-state index < -0.39 is 0 Å². The minimum absolute atomic E-state index is 0.0599. The van der Waals surface area contributed by atoms with E-state index in [1.165, 1.54) is 0 Å². The van der Waals surface area contributed by atoms with Gasteiger partial charge in [-0.15, -0.1) is 0 Å². The molecule has 0 aromatic carbocycles. The van der Waals surface area contributed by atoms with E-state index >= 15 is 0 Å². The summed E-state index contributed by atoms with van der Waals surface area (Å²) in [7, 11) is 1.67. The van der Waals surface area contributed by atoms with Gasteiger partial charge in [0.15, 0.2) is 5.11 Å². The summed E-state index contributed by atoms with van der Waals surface area (Å²) in [5.74, 6) is 0.864. The van der Waals surface area contributed by atoms with Crippen molar-refractivity contribution in [2.75, 3.05) is 13.7 Å². The molecule has 0 aliphatic heterocycles. The van der Waals surface area contributed by atoms with Gasteiger partial charge in [-0.05, 0) is 26.1 Å². The van der Waals surface area contributed by atoms with Crippen LogP contribution < -0.4 is 10.6 Å². The zero-order valence-corrected chi connectivity index (χ0v) is 10.6. The third-order valence-electron chi connectivity index (χ3n) is 2.07. The molecule has 0 radical (unpaired) electrons. The van der Waals surface area contributed by atoms with Gasteiger partial charge >= 0.3 is 0 Å². The van der Waals surface area contributed by atoms with Gasteiger partial charge in [-0.1, -0.05) is 0 Å². The van der Waals surface area contributed by atoms with E-state index in [1.54, 1.807) is 19.5 Å². The first-order valence-corrected chi connectivity index (χ1v) is 5.59. The Morgan fingerprint density at radius 3 is 2.88 bits per heavy atom.